The highest BCUT2D eigenvalue weighted by Gasteiger charge is 2.08. The molecule has 0 heterocycles. The zero-order valence-electron chi connectivity index (χ0n) is 20.0. The smallest absolute Gasteiger partial charge is 0.338 e. The van der Waals surface area contributed by atoms with Crippen LogP contribution in [0.4, 0.5) is 0 Å². The number of carbonyl (C=O) groups is 2. The Bertz CT molecular complexity index is 657. The van der Waals surface area contributed by atoms with Crippen LogP contribution in [0.15, 0.2) is 111 Å². The molecule has 0 aliphatic carbocycles. The average Bonchev–Trinajstić information content (AvgIpc) is 2.80. The van der Waals surface area contributed by atoms with Crippen molar-refractivity contribution in [1.29, 1.82) is 0 Å². The van der Waals surface area contributed by atoms with Gasteiger partial charge >= 0.3 is 11.9 Å². The van der Waals surface area contributed by atoms with E-state index in [9.17, 15) is 9.59 Å². The topological polar surface area (TPSA) is 52.6 Å². The second kappa shape index (κ2) is 27.3. The zero-order chi connectivity index (χ0) is 25.0. The van der Waals surface area contributed by atoms with Crippen molar-refractivity contribution in [3.05, 3.63) is 122 Å². The van der Waals surface area contributed by atoms with Gasteiger partial charge in [-0.1, -0.05) is 60.7 Å². The third-order valence-electron chi connectivity index (χ3n) is 2.57. The summed E-state index contributed by atoms with van der Waals surface area (Å²) in [5, 5.41) is 0. The molecule has 4 heteroatoms. The molecule has 0 aromatic heterocycles. The Labute approximate surface area is 194 Å². The Kier molecular flexibility index (Phi) is 28.2. The predicted molar refractivity (Wildman–Crippen MR) is 137 cm³/mol. The lowest BCUT2D eigenvalue weighted by Crippen LogP contribution is -2.14. The van der Waals surface area contributed by atoms with Crippen LogP contribution < -0.4 is 0 Å². The maximum atomic E-state index is 11.6. The van der Waals surface area contributed by atoms with Crippen molar-refractivity contribution in [3.63, 3.8) is 0 Å². The molecule has 4 nitrogen and oxygen atoms in total. The van der Waals surface area contributed by atoms with Crippen molar-refractivity contribution in [2.24, 2.45) is 0 Å². The fraction of sp³-hybridized carbons (Fsp3) is 0.214. The van der Waals surface area contributed by atoms with E-state index < -0.39 is 11.9 Å². The fourth-order valence-electron chi connectivity index (χ4n) is 1.58. The first kappa shape index (κ1) is 33.0. The van der Waals surface area contributed by atoms with Gasteiger partial charge < -0.3 is 9.47 Å². The first-order valence-corrected chi connectivity index (χ1v) is 10.2. The van der Waals surface area contributed by atoms with Gasteiger partial charge in [-0.15, -0.1) is 26.3 Å². The van der Waals surface area contributed by atoms with Gasteiger partial charge in [-0.05, 0) is 52.0 Å². The van der Waals surface area contributed by atoms with Crippen LogP contribution in [0.3, 0.4) is 0 Å². The number of allylic oxidation sites excluding steroid dienone is 4. The van der Waals surface area contributed by atoms with Gasteiger partial charge in [-0.25, -0.2) is 9.59 Å². The molecule has 2 aromatic carbocycles. The molecule has 0 N–H and O–H groups in total. The van der Waals surface area contributed by atoms with E-state index in [0.29, 0.717) is 11.1 Å². The minimum atomic E-state index is -0.429. The normalized spacial score (nSPS) is 7.75. The molecule has 0 atom stereocenters. The number of rotatable bonds is 5. The average molecular weight is 439 g/mol. The third kappa shape index (κ3) is 22.6. The minimum absolute atomic E-state index is 0.0340. The molecule has 0 saturated heterocycles. The van der Waals surface area contributed by atoms with Gasteiger partial charge in [0.05, 0.1) is 11.1 Å². The molecular weight excluding hydrogens is 400 g/mol. The van der Waals surface area contributed by atoms with Gasteiger partial charge in [0.15, 0.2) is 0 Å². The van der Waals surface area contributed by atoms with E-state index in [1.807, 2.05) is 39.8 Å². The van der Waals surface area contributed by atoms with E-state index in [0.717, 1.165) is 0 Å². The van der Waals surface area contributed by atoms with Crippen LogP contribution >= 0.6 is 0 Å². The van der Waals surface area contributed by atoms with E-state index in [2.05, 4.69) is 26.3 Å². The number of carbonyl (C=O) groups excluding carboxylic acids is 2. The molecule has 2 rings (SSSR count). The summed E-state index contributed by atoms with van der Waals surface area (Å²) in [6.45, 7) is 21.1. The summed E-state index contributed by atoms with van der Waals surface area (Å²) in [4.78, 5) is 23.2. The minimum Gasteiger partial charge on any atom is -0.458 e. The number of hydrogen-bond acceptors (Lipinski definition) is 4. The summed E-state index contributed by atoms with van der Waals surface area (Å²) in [6, 6.07) is 17.3. The first-order valence-electron chi connectivity index (χ1n) is 10.2. The van der Waals surface area contributed by atoms with Crippen LogP contribution in [0.2, 0.25) is 0 Å². The van der Waals surface area contributed by atoms with Gasteiger partial charge in [-0.3, -0.25) is 0 Å². The van der Waals surface area contributed by atoms with Crippen LogP contribution in [0, 0.1) is 0 Å². The fourth-order valence-corrected chi connectivity index (χ4v) is 1.58. The van der Waals surface area contributed by atoms with Gasteiger partial charge in [-0.2, -0.15) is 0 Å². The molecule has 0 amide bonds. The standard InChI is InChI=1S/C16H14O4.4C3H6/c17-15(13-7-3-1-4-8-13)19-11-12-20-16(18)14-9-5-2-6-10-14;4*1-3-2/h1-10H,11-12H2;4*3H,1H2,2H3. The first-order chi connectivity index (χ1) is 15.4. The van der Waals surface area contributed by atoms with Crippen molar-refractivity contribution in [1.82, 2.24) is 0 Å². The molecule has 2 aromatic rings. The molecular formula is C28H38O4. The Morgan fingerprint density at radius 3 is 1.03 bits per heavy atom. The molecule has 32 heavy (non-hydrogen) atoms. The van der Waals surface area contributed by atoms with E-state index in [4.69, 9.17) is 9.47 Å². The molecule has 0 radical (unpaired) electrons. The van der Waals surface area contributed by atoms with Crippen LogP contribution in [-0.4, -0.2) is 25.2 Å². The summed E-state index contributed by atoms with van der Waals surface area (Å²) < 4.78 is 10.00. The third-order valence-corrected chi connectivity index (χ3v) is 2.57. The summed E-state index contributed by atoms with van der Waals surface area (Å²) >= 11 is 0. The Balaban J connectivity index is -0.000000587. The van der Waals surface area contributed by atoms with Crippen molar-refractivity contribution in [2.45, 2.75) is 27.7 Å². The predicted octanol–water partition coefficient (Wildman–Crippen LogP) is 7.47. The highest BCUT2D eigenvalue weighted by molar-refractivity contribution is 5.90. The second-order valence-corrected chi connectivity index (χ2v) is 5.64. The Morgan fingerprint density at radius 1 is 0.594 bits per heavy atom. The molecule has 0 aliphatic heterocycles. The van der Waals surface area contributed by atoms with Crippen molar-refractivity contribution in [2.75, 3.05) is 13.2 Å². The summed E-state index contributed by atoms with van der Waals surface area (Å²) in [5.41, 5.74) is 0.948. The number of hydrogen-bond donors (Lipinski definition) is 0. The molecule has 0 saturated carbocycles. The van der Waals surface area contributed by atoms with E-state index in [-0.39, 0.29) is 13.2 Å². The van der Waals surface area contributed by atoms with E-state index in [1.165, 1.54) is 0 Å². The summed E-state index contributed by atoms with van der Waals surface area (Å²) in [6.07, 6.45) is 7.00. The maximum absolute atomic E-state index is 11.6. The monoisotopic (exact) mass is 438 g/mol. The summed E-state index contributed by atoms with van der Waals surface area (Å²) in [7, 11) is 0. The van der Waals surface area contributed by atoms with Crippen molar-refractivity contribution >= 4 is 11.9 Å². The lowest BCUT2D eigenvalue weighted by molar-refractivity contribution is 0.0265. The zero-order valence-corrected chi connectivity index (χ0v) is 20.0. The Hall–Kier alpha value is -3.66. The molecule has 0 fully saturated rings. The van der Waals surface area contributed by atoms with Crippen molar-refractivity contribution in [3.8, 4) is 0 Å². The largest absolute Gasteiger partial charge is 0.458 e. The van der Waals surface area contributed by atoms with Crippen LogP contribution in [0.1, 0.15) is 48.4 Å². The van der Waals surface area contributed by atoms with Crippen LogP contribution in [0.5, 0.6) is 0 Å². The molecule has 0 aliphatic rings. The SMILES string of the molecule is C=CC.C=CC.C=CC.C=CC.O=C(OCCOC(=O)c1ccccc1)c1ccccc1. The number of benzene rings is 2. The second-order valence-electron chi connectivity index (χ2n) is 5.64. The lowest BCUT2D eigenvalue weighted by Gasteiger charge is -2.06. The number of esters is 2. The summed E-state index contributed by atoms with van der Waals surface area (Å²) in [5.74, 6) is -0.859. The van der Waals surface area contributed by atoms with Crippen molar-refractivity contribution < 1.29 is 19.1 Å². The lowest BCUT2D eigenvalue weighted by atomic mass is 10.2. The van der Waals surface area contributed by atoms with E-state index >= 15 is 0 Å². The van der Waals surface area contributed by atoms with Gasteiger partial charge in [0.1, 0.15) is 13.2 Å². The van der Waals surface area contributed by atoms with Gasteiger partial charge in [0.25, 0.3) is 0 Å². The molecule has 0 unspecified atom stereocenters. The molecule has 174 valence electrons. The van der Waals surface area contributed by atoms with Crippen LogP contribution in [0.25, 0.3) is 0 Å². The molecule has 0 bridgehead atoms. The number of ether oxygens (including phenoxy) is 2. The molecule has 0 spiro atoms. The highest BCUT2D eigenvalue weighted by atomic mass is 16.6. The van der Waals surface area contributed by atoms with Gasteiger partial charge in [0.2, 0.25) is 0 Å². The Morgan fingerprint density at radius 2 is 0.812 bits per heavy atom. The maximum Gasteiger partial charge on any atom is 0.338 e. The highest BCUT2D eigenvalue weighted by Crippen LogP contribution is 2.02. The van der Waals surface area contributed by atoms with E-state index in [1.54, 1.807) is 72.8 Å². The van der Waals surface area contributed by atoms with Gasteiger partial charge in [0, 0.05) is 0 Å². The quantitative estimate of drug-likeness (QED) is 0.276. The van der Waals surface area contributed by atoms with Crippen LogP contribution in [-0.2, 0) is 9.47 Å².